The molecule has 2 aromatic rings. The maximum atomic E-state index is 12.7. The molecule has 0 aromatic heterocycles. The van der Waals surface area contributed by atoms with Crippen molar-refractivity contribution in [2.24, 2.45) is 5.92 Å². The molecular weight excluding hydrogens is 359 g/mol. The summed E-state index contributed by atoms with van der Waals surface area (Å²) in [5, 5.41) is 1.12. The number of Topliss-reactive ketones (excluding diaryl/α,β-unsaturated/α-hetero) is 1. The lowest BCUT2D eigenvalue weighted by molar-refractivity contribution is -0.151. The maximum absolute atomic E-state index is 12.7. The first-order valence-electron chi connectivity index (χ1n) is 8.22. The van der Waals surface area contributed by atoms with Crippen molar-refractivity contribution in [3.63, 3.8) is 0 Å². The van der Waals surface area contributed by atoms with Gasteiger partial charge in [-0.05, 0) is 30.2 Å². The average molecular weight is 377 g/mol. The molecule has 1 aliphatic carbocycles. The second kappa shape index (κ2) is 7.59. The van der Waals surface area contributed by atoms with Crippen LogP contribution in [0.2, 0.25) is 10.0 Å². The van der Waals surface area contributed by atoms with Crippen molar-refractivity contribution in [2.45, 2.75) is 25.2 Å². The minimum Gasteiger partial charge on any atom is -0.465 e. The predicted octanol–water partition coefficient (Wildman–Crippen LogP) is 5.01. The first-order valence-corrected chi connectivity index (χ1v) is 8.98. The molecule has 3 rings (SSSR count). The lowest BCUT2D eigenvalue weighted by atomic mass is 9.79. The maximum Gasteiger partial charge on any atom is 0.317 e. The van der Waals surface area contributed by atoms with Crippen molar-refractivity contribution in [3.8, 4) is 0 Å². The molecule has 5 heteroatoms. The largest absolute Gasteiger partial charge is 0.465 e. The zero-order valence-electron chi connectivity index (χ0n) is 13.7. The lowest BCUT2D eigenvalue weighted by Crippen LogP contribution is -2.27. The highest BCUT2D eigenvalue weighted by atomic mass is 35.5. The van der Waals surface area contributed by atoms with Gasteiger partial charge in [-0.1, -0.05) is 59.6 Å². The Labute approximate surface area is 156 Å². The molecule has 3 atom stereocenters. The van der Waals surface area contributed by atoms with E-state index in [4.69, 9.17) is 27.9 Å². The quantitative estimate of drug-likeness (QED) is 0.556. The van der Waals surface area contributed by atoms with Crippen LogP contribution in [-0.2, 0) is 14.3 Å². The molecule has 0 amide bonds. The third-order valence-electron chi connectivity index (χ3n) is 4.67. The number of carbonyl (C=O) groups is 2. The van der Waals surface area contributed by atoms with E-state index in [0.29, 0.717) is 10.0 Å². The van der Waals surface area contributed by atoms with Gasteiger partial charge in [0, 0.05) is 28.3 Å². The number of carbonyl (C=O) groups excluding carboxylic acids is 2. The first kappa shape index (κ1) is 18.0. The average Bonchev–Trinajstić information content (AvgIpc) is 2.93. The Bertz CT molecular complexity index is 803. The van der Waals surface area contributed by atoms with Crippen LogP contribution in [-0.4, -0.2) is 18.4 Å². The predicted molar refractivity (Wildman–Crippen MR) is 98.1 cm³/mol. The molecule has 0 bridgehead atoms. The lowest BCUT2D eigenvalue weighted by Gasteiger charge is -2.25. The molecule has 130 valence electrons. The van der Waals surface area contributed by atoms with Gasteiger partial charge >= 0.3 is 5.97 Å². The van der Waals surface area contributed by atoms with E-state index in [9.17, 15) is 9.59 Å². The molecule has 0 heterocycles. The Morgan fingerprint density at radius 1 is 1.04 bits per heavy atom. The number of rotatable bonds is 4. The van der Waals surface area contributed by atoms with Gasteiger partial charge in [-0.3, -0.25) is 9.59 Å². The van der Waals surface area contributed by atoms with Crippen LogP contribution in [0.15, 0.2) is 48.5 Å². The molecule has 0 spiro atoms. The second-order valence-electron chi connectivity index (χ2n) is 6.08. The number of esters is 1. The van der Waals surface area contributed by atoms with Crippen molar-refractivity contribution in [1.29, 1.82) is 0 Å². The van der Waals surface area contributed by atoms with Gasteiger partial charge in [0.2, 0.25) is 0 Å². The molecule has 0 radical (unpaired) electrons. The third kappa shape index (κ3) is 3.44. The summed E-state index contributed by atoms with van der Waals surface area (Å²) in [7, 11) is 0. The van der Waals surface area contributed by atoms with Crippen LogP contribution in [0.4, 0.5) is 0 Å². The summed E-state index contributed by atoms with van der Waals surface area (Å²) in [4.78, 5) is 25.2. The smallest absolute Gasteiger partial charge is 0.317 e. The Morgan fingerprint density at radius 3 is 2.16 bits per heavy atom. The molecule has 2 aromatic carbocycles. The van der Waals surface area contributed by atoms with Crippen LogP contribution < -0.4 is 0 Å². The van der Waals surface area contributed by atoms with Gasteiger partial charge in [0.25, 0.3) is 0 Å². The Morgan fingerprint density at radius 2 is 1.60 bits per heavy atom. The van der Waals surface area contributed by atoms with Crippen molar-refractivity contribution >= 4 is 35.0 Å². The van der Waals surface area contributed by atoms with E-state index in [2.05, 4.69) is 0 Å². The first-order chi connectivity index (χ1) is 12.0. The van der Waals surface area contributed by atoms with Gasteiger partial charge < -0.3 is 4.74 Å². The fourth-order valence-corrected chi connectivity index (χ4v) is 4.17. The van der Waals surface area contributed by atoms with Crippen LogP contribution in [0.25, 0.3) is 0 Å². The van der Waals surface area contributed by atoms with E-state index in [1.165, 1.54) is 0 Å². The number of hydrogen-bond acceptors (Lipinski definition) is 3. The SMILES string of the molecule is CCOC(=O)[C@@H]1C(=O)C[C@@H](c2ccccc2Cl)[C@H]1c1ccccc1Cl. The summed E-state index contributed by atoms with van der Waals surface area (Å²) in [5.41, 5.74) is 1.63. The van der Waals surface area contributed by atoms with E-state index < -0.39 is 11.9 Å². The van der Waals surface area contributed by atoms with Gasteiger partial charge in [-0.15, -0.1) is 0 Å². The Hall–Kier alpha value is -1.84. The molecular formula is C20H18Cl2O3. The van der Waals surface area contributed by atoms with Crippen molar-refractivity contribution in [2.75, 3.05) is 6.61 Å². The van der Waals surface area contributed by atoms with Gasteiger partial charge in [-0.2, -0.15) is 0 Å². The summed E-state index contributed by atoms with van der Waals surface area (Å²) in [6.07, 6.45) is 0.239. The molecule has 0 unspecified atom stereocenters. The normalized spacial score (nSPS) is 22.8. The monoisotopic (exact) mass is 376 g/mol. The van der Waals surface area contributed by atoms with E-state index >= 15 is 0 Å². The van der Waals surface area contributed by atoms with Crippen LogP contribution in [0.3, 0.4) is 0 Å². The van der Waals surface area contributed by atoms with Crippen molar-refractivity contribution in [3.05, 3.63) is 69.7 Å². The van der Waals surface area contributed by atoms with E-state index in [1.54, 1.807) is 19.1 Å². The van der Waals surface area contributed by atoms with Crippen molar-refractivity contribution < 1.29 is 14.3 Å². The number of hydrogen-bond donors (Lipinski definition) is 0. The summed E-state index contributed by atoms with van der Waals surface area (Å²) >= 11 is 12.8. The molecule has 3 nitrogen and oxygen atoms in total. The highest BCUT2D eigenvalue weighted by Gasteiger charge is 2.49. The van der Waals surface area contributed by atoms with Gasteiger partial charge in [-0.25, -0.2) is 0 Å². The van der Waals surface area contributed by atoms with Crippen LogP contribution in [0.5, 0.6) is 0 Å². The molecule has 0 saturated heterocycles. The van der Waals surface area contributed by atoms with Crippen LogP contribution in [0, 0.1) is 5.92 Å². The zero-order valence-corrected chi connectivity index (χ0v) is 15.3. The van der Waals surface area contributed by atoms with Crippen molar-refractivity contribution in [1.82, 2.24) is 0 Å². The molecule has 1 aliphatic rings. The summed E-state index contributed by atoms with van der Waals surface area (Å²) in [6, 6.07) is 14.7. The van der Waals surface area contributed by atoms with E-state index in [1.807, 2.05) is 36.4 Å². The number of halogens is 2. The Kier molecular flexibility index (Phi) is 5.45. The third-order valence-corrected chi connectivity index (χ3v) is 5.36. The number of benzene rings is 2. The minimum absolute atomic E-state index is 0.131. The molecule has 1 fully saturated rings. The number of ether oxygens (including phenoxy) is 1. The second-order valence-corrected chi connectivity index (χ2v) is 6.89. The molecule has 25 heavy (non-hydrogen) atoms. The minimum atomic E-state index is -0.860. The van der Waals surface area contributed by atoms with Crippen LogP contribution in [0.1, 0.15) is 36.3 Å². The highest BCUT2D eigenvalue weighted by Crippen LogP contribution is 2.51. The molecule has 0 N–H and O–H groups in total. The summed E-state index contributed by atoms with van der Waals surface area (Å²) in [6.45, 7) is 1.96. The summed E-state index contributed by atoms with van der Waals surface area (Å²) in [5.74, 6) is -2.09. The zero-order chi connectivity index (χ0) is 18.0. The molecule has 0 aliphatic heterocycles. The topological polar surface area (TPSA) is 43.4 Å². The standard InChI is InChI=1S/C20H18Cl2O3/c1-2-25-20(24)19-17(23)11-14(12-7-3-5-9-15(12)21)18(19)13-8-4-6-10-16(13)22/h3-10,14,18-19H,2,11H2,1H3/t14-,18+,19+/m0/s1. The fourth-order valence-electron chi connectivity index (χ4n) is 3.63. The van der Waals surface area contributed by atoms with E-state index in [0.717, 1.165) is 11.1 Å². The fraction of sp³-hybridized carbons (Fsp3) is 0.300. The number of ketones is 1. The van der Waals surface area contributed by atoms with Gasteiger partial charge in [0.15, 0.2) is 0 Å². The summed E-state index contributed by atoms with van der Waals surface area (Å²) < 4.78 is 5.17. The van der Waals surface area contributed by atoms with Gasteiger partial charge in [0.05, 0.1) is 6.61 Å². The van der Waals surface area contributed by atoms with Gasteiger partial charge in [0.1, 0.15) is 11.7 Å². The van der Waals surface area contributed by atoms with Crippen LogP contribution >= 0.6 is 23.2 Å². The van der Waals surface area contributed by atoms with E-state index in [-0.39, 0.29) is 30.6 Å². The Balaban J connectivity index is 2.12. The molecule has 1 saturated carbocycles. The highest BCUT2D eigenvalue weighted by molar-refractivity contribution is 6.32.